The molecule has 0 radical (unpaired) electrons. The molecular weight excluding hydrogens is 374 g/mol. The van der Waals surface area contributed by atoms with Crippen LogP contribution in [0, 0.1) is 6.92 Å². The molecule has 0 aliphatic carbocycles. The van der Waals surface area contributed by atoms with Gasteiger partial charge in [-0.1, -0.05) is 85.0 Å². The Kier molecular flexibility index (Phi) is 6.43. The fourth-order valence-electron chi connectivity index (χ4n) is 4.01. The molecule has 3 aromatic carbocycles. The third-order valence-electron chi connectivity index (χ3n) is 5.66. The minimum atomic E-state index is 0.986. The molecule has 0 aliphatic heterocycles. The van der Waals surface area contributed by atoms with Crippen molar-refractivity contribution in [3.8, 4) is 0 Å². The quantitative estimate of drug-likeness (QED) is 0.305. The molecule has 1 heterocycles. The summed E-state index contributed by atoms with van der Waals surface area (Å²) < 4.78 is 0. The lowest BCUT2D eigenvalue weighted by Gasteiger charge is -2.09. The summed E-state index contributed by atoms with van der Waals surface area (Å²) in [6.07, 6.45) is 7.53. The first-order valence-corrected chi connectivity index (χ1v) is 11.0. The van der Waals surface area contributed by atoms with Crippen LogP contribution in [0.25, 0.3) is 28.6 Å². The summed E-state index contributed by atoms with van der Waals surface area (Å²) in [6.45, 7) is 8.30. The van der Waals surface area contributed by atoms with Crippen molar-refractivity contribution in [2.45, 2.75) is 33.1 Å². The van der Waals surface area contributed by atoms with Crippen LogP contribution in [0.3, 0.4) is 0 Å². The highest BCUT2D eigenvalue weighted by Crippen LogP contribution is 2.20. The van der Waals surface area contributed by atoms with Gasteiger partial charge in [-0.3, -0.25) is 0 Å². The zero-order chi connectivity index (χ0) is 21.6. The highest BCUT2D eigenvalue weighted by atomic mass is 14.7. The zero-order valence-corrected chi connectivity index (χ0v) is 18.4. The number of nitrogens with zero attached hydrogens (tertiary/aromatic N) is 1. The minimum absolute atomic E-state index is 0.986. The van der Waals surface area contributed by atoms with Gasteiger partial charge in [-0.05, 0) is 79.1 Å². The topological polar surface area (TPSA) is 12.9 Å². The number of rotatable bonds is 7. The summed E-state index contributed by atoms with van der Waals surface area (Å²) in [4.78, 5) is 4.79. The number of hydrogen-bond donors (Lipinski definition) is 0. The first kappa shape index (κ1) is 20.8. The molecule has 1 nitrogen and oxygen atoms in total. The van der Waals surface area contributed by atoms with Crippen molar-refractivity contribution < 1.29 is 0 Å². The average Bonchev–Trinajstić information content (AvgIpc) is 2.78. The Morgan fingerprint density at radius 2 is 1.71 bits per heavy atom. The van der Waals surface area contributed by atoms with Crippen molar-refractivity contribution in [1.29, 1.82) is 0 Å². The maximum absolute atomic E-state index is 4.79. The van der Waals surface area contributed by atoms with Crippen molar-refractivity contribution in [1.82, 2.24) is 4.98 Å². The van der Waals surface area contributed by atoms with E-state index in [1.807, 2.05) is 0 Å². The Balaban J connectivity index is 1.42. The van der Waals surface area contributed by atoms with Crippen molar-refractivity contribution >= 4 is 28.6 Å². The predicted octanol–water partition coefficient (Wildman–Crippen LogP) is 7.92. The fraction of sp³-hybridized carbons (Fsp3) is 0.167. The van der Waals surface area contributed by atoms with Gasteiger partial charge in [-0.15, -0.1) is 0 Å². The number of aromatic nitrogens is 1. The molecule has 0 unspecified atom stereocenters. The molecule has 1 heteroatoms. The van der Waals surface area contributed by atoms with E-state index < -0.39 is 0 Å². The molecule has 0 amide bonds. The van der Waals surface area contributed by atoms with Crippen molar-refractivity contribution in [2.24, 2.45) is 0 Å². The van der Waals surface area contributed by atoms with Gasteiger partial charge in [-0.2, -0.15) is 0 Å². The molecule has 0 aliphatic rings. The maximum atomic E-state index is 4.79. The number of pyridine rings is 1. The normalized spacial score (nSPS) is 11.3. The number of allylic oxidation sites excluding steroid dienone is 1. The Morgan fingerprint density at radius 3 is 2.58 bits per heavy atom. The Hall–Kier alpha value is -3.45. The first-order valence-electron chi connectivity index (χ1n) is 11.0. The second kappa shape index (κ2) is 9.57. The van der Waals surface area contributed by atoms with Gasteiger partial charge in [0.15, 0.2) is 0 Å². The number of hydrogen-bond acceptors (Lipinski definition) is 1. The van der Waals surface area contributed by atoms with E-state index >= 15 is 0 Å². The molecule has 31 heavy (non-hydrogen) atoms. The van der Waals surface area contributed by atoms with Crippen molar-refractivity contribution in [2.75, 3.05) is 0 Å². The molecule has 0 atom stereocenters. The van der Waals surface area contributed by atoms with Gasteiger partial charge in [0.25, 0.3) is 0 Å². The fourth-order valence-corrected chi connectivity index (χ4v) is 4.01. The molecule has 0 N–H and O–H groups in total. The second-order valence-corrected chi connectivity index (χ2v) is 8.30. The molecule has 4 aromatic rings. The van der Waals surface area contributed by atoms with E-state index in [4.69, 9.17) is 4.98 Å². The molecule has 0 saturated carbocycles. The van der Waals surface area contributed by atoms with Crippen LogP contribution in [-0.4, -0.2) is 4.98 Å². The Labute approximate surface area is 185 Å². The summed E-state index contributed by atoms with van der Waals surface area (Å²) in [5, 5.41) is 1.18. The van der Waals surface area contributed by atoms with Crippen LogP contribution in [0.1, 0.15) is 46.9 Å². The monoisotopic (exact) mass is 403 g/mol. The molecular formula is C30H29N. The molecule has 0 saturated heterocycles. The van der Waals surface area contributed by atoms with Crippen molar-refractivity contribution in [3.05, 3.63) is 119 Å². The summed E-state index contributed by atoms with van der Waals surface area (Å²) in [7, 11) is 0. The maximum Gasteiger partial charge on any atom is 0.0711 e. The lowest BCUT2D eigenvalue weighted by atomic mass is 9.96. The molecule has 154 valence electrons. The van der Waals surface area contributed by atoms with Gasteiger partial charge in [0.2, 0.25) is 0 Å². The Morgan fingerprint density at radius 1 is 0.871 bits per heavy atom. The molecule has 0 spiro atoms. The average molecular weight is 404 g/mol. The van der Waals surface area contributed by atoms with Crippen LogP contribution < -0.4 is 0 Å². The summed E-state index contributed by atoms with van der Waals surface area (Å²) >= 11 is 0. The van der Waals surface area contributed by atoms with E-state index in [2.05, 4.69) is 111 Å². The van der Waals surface area contributed by atoms with Crippen LogP contribution in [0.5, 0.6) is 0 Å². The highest BCUT2D eigenvalue weighted by molar-refractivity contribution is 5.81. The zero-order valence-electron chi connectivity index (χ0n) is 18.4. The van der Waals surface area contributed by atoms with Gasteiger partial charge >= 0.3 is 0 Å². The van der Waals surface area contributed by atoms with E-state index in [1.54, 1.807) is 0 Å². The number of aryl methyl sites for hydroxylation is 3. The lowest BCUT2D eigenvalue weighted by molar-refractivity contribution is 0.819. The van der Waals surface area contributed by atoms with Crippen LogP contribution >= 0.6 is 0 Å². The van der Waals surface area contributed by atoms with E-state index in [0.29, 0.717) is 0 Å². The van der Waals surface area contributed by atoms with E-state index in [1.165, 1.54) is 33.2 Å². The third-order valence-corrected chi connectivity index (χ3v) is 5.66. The third kappa shape index (κ3) is 5.38. The second-order valence-electron chi connectivity index (χ2n) is 8.30. The van der Waals surface area contributed by atoms with E-state index in [0.717, 1.165) is 36.0 Å². The van der Waals surface area contributed by atoms with Crippen LogP contribution in [0.15, 0.2) is 85.4 Å². The van der Waals surface area contributed by atoms with Gasteiger partial charge in [0.1, 0.15) is 0 Å². The van der Waals surface area contributed by atoms with Gasteiger partial charge < -0.3 is 0 Å². The standard InChI is InChI=1S/C30H29N/c1-22(2)29-13-5-4-11-26(29)12-7-10-24-8-6-9-25(21-24)15-18-28-19-17-27-16-14-23(3)20-30(27)31-28/h4-6,8-9,11,13-21H,1,7,10,12H2,2-3H3/b18-15+. The molecule has 0 bridgehead atoms. The number of fused-ring (bicyclic) bond motifs is 1. The Bertz CT molecular complexity index is 1250. The van der Waals surface area contributed by atoms with Gasteiger partial charge in [-0.25, -0.2) is 4.98 Å². The van der Waals surface area contributed by atoms with Crippen LogP contribution in [0.2, 0.25) is 0 Å². The van der Waals surface area contributed by atoms with Crippen LogP contribution in [0.4, 0.5) is 0 Å². The summed E-state index contributed by atoms with van der Waals surface area (Å²) in [5.74, 6) is 0. The lowest BCUT2D eigenvalue weighted by Crippen LogP contribution is -1.94. The molecule has 1 aromatic heterocycles. The minimum Gasteiger partial charge on any atom is -0.248 e. The first-order chi connectivity index (χ1) is 15.1. The molecule has 0 fully saturated rings. The highest BCUT2D eigenvalue weighted by Gasteiger charge is 2.03. The number of benzene rings is 3. The van der Waals surface area contributed by atoms with E-state index in [9.17, 15) is 0 Å². The van der Waals surface area contributed by atoms with Gasteiger partial charge in [0, 0.05) is 5.39 Å². The van der Waals surface area contributed by atoms with E-state index in [-0.39, 0.29) is 0 Å². The smallest absolute Gasteiger partial charge is 0.0711 e. The van der Waals surface area contributed by atoms with Gasteiger partial charge in [0.05, 0.1) is 11.2 Å². The summed E-state index contributed by atoms with van der Waals surface area (Å²) in [6, 6.07) is 28.0. The SMILES string of the molecule is C=C(C)c1ccccc1CCCc1cccc(/C=C/c2ccc3ccc(C)cc3n2)c1. The largest absolute Gasteiger partial charge is 0.248 e. The van der Waals surface area contributed by atoms with Crippen molar-refractivity contribution in [3.63, 3.8) is 0 Å². The van der Waals surface area contributed by atoms with Crippen LogP contribution in [-0.2, 0) is 12.8 Å². The summed E-state index contributed by atoms with van der Waals surface area (Å²) in [5.41, 5.74) is 9.68. The predicted molar refractivity (Wildman–Crippen MR) is 135 cm³/mol. The molecule has 4 rings (SSSR count).